The van der Waals surface area contributed by atoms with Crippen molar-refractivity contribution in [3.8, 4) is 5.88 Å². The highest BCUT2D eigenvalue weighted by Gasteiger charge is 2.15. The zero-order valence-corrected chi connectivity index (χ0v) is 13.2. The minimum atomic E-state index is -0.399. The van der Waals surface area contributed by atoms with Crippen LogP contribution in [-0.4, -0.2) is 59.4 Å². The second-order valence-corrected chi connectivity index (χ2v) is 5.65. The number of rotatable bonds is 6. The standard InChI is InChI=1S/C15H26N4O2/c1-11-14(17-12(2)18-15(11)21-3)16-9-13(20)10-19-7-5-4-6-8-19/h13,20H,4-10H2,1-3H3,(H,16,17,18). The number of β-amino-alcohol motifs (C(OH)–C–C–N with tert-alkyl or cyclic N) is 1. The Morgan fingerprint density at radius 2 is 1.95 bits per heavy atom. The maximum atomic E-state index is 10.2. The topological polar surface area (TPSA) is 70.5 Å². The number of nitrogens with one attached hydrogen (secondary N) is 1. The van der Waals surface area contributed by atoms with Crippen LogP contribution in [0.15, 0.2) is 0 Å². The Kier molecular flexibility index (Phi) is 5.76. The summed E-state index contributed by atoms with van der Waals surface area (Å²) in [6.45, 7) is 7.13. The van der Waals surface area contributed by atoms with E-state index >= 15 is 0 Å². The van der Waals surface area contributed by atoms with E-state index < -0.39 is 6.10 Å². The summed E-state index contributed by atoms with van der Waals surface area (Å²) in [6, 6.07) is 0. The predicted molar refractivity (Wildman–Crippen MR) is 82.8 cm³/mol. The number of ether oxygens (including phenoxy) is 1. The van der Waals surface area contributed by atoms with Gasteiger partial charge in [-0.2, -0.15) is 4.98 Å². The number of aryl methyl sites for hydroxylation is 1. The van der Waals surface area contributed by atoms with E-state index in [0.29, 0.717) is 24.8 Å². The summed E-state index contributed by atoms with van der Waals surface area (Å²) in [5.41, 5.74) is 0.869. The molecule has 1 aromatic heterocycles. The van der Waals surface area contributed by atoms with Crippen molar-refractivity contribution in [3.63, 3.8) is 0 Å². The van der Waals surface area contributed by atoms with E-state index in [0.717, 1.165) is 24.5 Å². The maximum Gasteiger partial charge on any atom is 0.221 e. The van der Waals surface area contributed by atoms with Crippen LogP contribution in [-0.2, 0) is 0 Å². The van der Waals surface area contributed by atoms with Crippen LogP contribution in [0.4, 0.5) is 5.82 Å². The minimum Gasteiger partial charge on any atom is -0.481 e. The van der Waals surface area contributed by atoms with Gasteiger partial charge < -0.3 is 20.1 Å². The Labute approximate surface area is 126 Å². The Balaban J connectivity index is 1.88. The van der Waals surface area contributed by atoms with E-state index in [4.69, 9.17) is 4.74 Å². The number of hydrogen-bond donors (Lipinski definition) is 2. The van der Waals surface area contributed by atoms with Crippen LogP contribution in [0, 0.1) is 13.8 Å². The van der Waals surface area contributed by atoms with Gasteiger partial charge in [-0.15, -0.1) is 0 Å². The van der Waals surface area contributed by atoms with Crippen LogP contribution in [0.5, 0.6) is 5.88 Å². The van der Waals surface area contributed by atoms with Gasteiger partial charge in [0, 0.05) is 13.1 Å². The van der Waals surface area contributed by atoms with Gasteiger partial charge in [0.1, 0.15) is 11.6 Å². The average molecular weight is 294 g/mol. The first-order chi connectivity index (χ1) is 10.1. The molecule has 1 atom stereocenters. The van der Waals surface area contributed by atoms with Gasteiger partial charge in [0.15, 0.2) is 0 Å². The molecule has 0 aromatic carbocycles. The fourth-order valence-corrected chi connectivity index (χ4v) is 2.69. The first-order valence-corrected chi connectivity index (χ1v) is 7.63. The Morgan fingerprint density at radius 1 is 1.24 bits per heavy atom. The molecule has 0 saturated carbocycles. The molecule has 1 saturated heterocycles. The third-order valence-corrected chi connectivity index (χ3v) is 3.83. The van der Waals surface area contributed by atoms with E-state index in [1.807, 2.05) is 13.8 Å². The molecule has 0 radical (unpaired) electrons. The third kappa shape index (κ3) is 4.54. The fourth-order valence-electron chi connectivity index (χ4n) is 2.69. The summed E-state index contributed by atoms with van der Waals surface area (Å²) >= 11 is 0. The van der Waals surface area contributed by atoms with Gasteiger partial charge in [-0.05, 0) is 39.8 Å². The van der Waals surface area contributed by atoms with Crippen molar-refractivity contribution in [2.75, 3.05) is 38.6 Å². The molecule has 6 heteroatoms. The monoisotopic (exact) mass is 294 g/mol. The summed E-state index contributed by atoms with van der Waals surface area (Å²) in [7, 11) is 1.60. The quantitative estimate of drug-likeness (QED) is 0.825. The van der Waals surface area contributed by atoms with E-state index in [9.17, 15) is 5.11 Å². The molecule has 1 unspecified atom stereocenters. The van der Waals surface area contributed by atoms with Gasteiger partial charge in [-0.25, -0.2) is 4.98 Å². The number of likely N-dealkylation sites (tertiary alicyclic amines) is 1. The van der Waals surface area contributed by atoms with Crippen LogP contribution >= 0.6 is 0 Å². The Bertz CT molecular complexity index is 461. The van der Waals surface area contributed by atoms with Crippen LogP contribution in [0.25, 0.3) is 0 Å². The van der Waals surface area contributed by atoms with Crippen molar-refractivity contribution in [2.45, 2.75) is 39.2 Å². The molecule has 2 heterocycles. The second kappa shape index (κ2) is 7.56. The largest absolute Gasteiger partial charge is 0.481 e. The van der Waals surface area contributed by atoms with Gasteiger partial charge in [0.2, 0.25) is 5.88 Å². The van der Waals surface area contributed by atoms with Crippen molar-refractivity contribution in [1.82, 2.24) is 14.9 Å². The van der Waals surface area contributed by atoms with Crippen molar-refractivity contribution in [1.29, 1.82) is 0 Å². The first kappa shape index (κ1) is 16.0. The minimum absolute atomic E-state index is 0.399. The molecule has 1 aromatic rings. The highest BCUT2D eigenvalue weighted by atomic mass is 16.5. The molecule has 1 aliphatic rings. The van der Waals surface area contributed by atoms with E-state index in [1.165, 1.54) is 19.3 Å². The number of piperidine rings is 1. The molecule has 0 aliphatic carbocycles. The van der Waals surface area contributed by atoms with Gasteiger partial charge in [0.25, 0.3) is 0 Å². The lowest BCUT2D eigenvalue weighted by atomic mass is 10.1. The summed E-state index contributed by atoms with van der Waals surface area (Å²) in [5.74, 6) is 1.97. The molecule has 1 fully saturated rings. The number of aliphatic hydroxyl groups is 1. The second-order valence-electron chi connectivity index (χ2n) is 5.65. The zero-order chi connectivity index (χ0) is 15.2. The zero-order valence-electron chi connectivity index (χ0n) is 13.2. The molecule has 0 spiro atoms. The van der Waals surface area contributed by atoms with Gasteiger partial charge in [-0.1, -0.05) is 6.42 Å². The summed E-state index contributed by atoms with van der Waals surface area (Å²) in [6.07, 6.45) is 3.39. The number of aliphatic hydroxyl groups excluding tert-OH is 1. The predicted octanol–water partition coefficient (Wildman–Crippen LogP) is 1.36. The van der Waals surface area contributed by atoms with Crippen molar-refractivity contribution < 1.29 is 9.84 Å². The first-order valence-electron chi connectivity index (χ1n) is 7.63. The Morgan fingerprint density at radius 3 is 2.62 bits per heavy atom. The van der Waals surface area contributed by atoms with Crippen molar-refractivity contribution >= 4 is 5.82 Å². The molecule has 2 rings (SSSR count). The van der Waals surface area contributed by atoms with Gasteiger partial charge in [-0.3, -0.25) is 0 Å². The number of hydrogen-bond acceptors (Lipinski definition) is 6. The van der Waals surface area contributed by atoms with E-state index in [2.05, 4.69) is 20.2 Å². The van der Waals surface area contributed by atoms with Gasteiger partial charge >= 0.3 is 0 Å². The number of methoxy groups -OCH3 is 1. The smallest absolute Gasteiger partial charge is 0.221 e. The lowest BCUT2D eigenvalue weighted by Crippen LogP contribution is -2.39. The molecule has 0 bridgehead atoms. The summed E-state index contributed by atoms with van der Waals surface area (Å²) < 4.78 is 5.23. The molecule has 118 valence electrons. The number of aromatic nitrogens is 2. The molecule has 6 nitrogen and oxygen atoms in total. The molecule has 21 heavy (non-hydrogen) atoms. The fraction of sp³-hybridized carbons (Fsp3) is 0.733. The summed E-state index contributed by atoms with van der Waals surface area (Å²) in [5, 5.41) is 13.4. The lowest BCUT2D eigenvalue weighted by Gasteiger charge is -2.28. The molecule has 2 N–H and O–H groups in total. The molecule has 0 amide bonds. The number of anilines is 1. The van der Waals surface area contributed by atoms with Gasteiger partial charge in [0.05, 0.1) is 18.8 Å². The van der Waals surface area contributed by atoms with Crippen molar-refractivity contribution in [3.05, 3.63) is 11.4 Å². The normalized spacial score (nSPS) is 17.5. The average Bonchev–Trinajstić information content (AvgIpc) is 2.48. The van der Waals surface area contributed by atoms with E-state index in [-0.39, 0.29) is 0 Å². The highest BCUT2D eigenvalue weighted by molar-refractivity contribution is 5.48. The molecular weight excluding hydrogens is 268 g/mol. The molecule has 1 aliphatic heterocycles. The highest BCUT2D eigenvalue weighted by Crippen LogP contribution is 2.21. The number of nitrogens with zero attached hydrogens (tertiary/aromatic N) is 3. The van der Waals surface area contributed by atoms with Crippen LogP contribution in [0.1, 0.15) is 30.7 Å². The van der Waals surface area contributed by atoms with Crippen molar-refractivity contribution in [2.24, 2.45) is 0 Å². The van der Waals surface area contributed by atoms with Crippen LogP contribution in [0.2, 0.25) is 0 Å². The SMILES string of the molecule is COc1nc(C)nc(NCC(O)CN2CCCCC2)c1C. The maximum absolute atomic E-state index is 10.2. The third-order valence-electron chi connectivity index (χ3n) is 3.83. The Hall–Kier alpha value is -1.40. The van der Waals surface area contributed by atoms with E-state index in [1.54, 1.807) is 7.11 Å². The van der Waals surface area contributed by atoms with Crippen LogP contribution in [0.3, 0.4) is 0 Å². The van der Waals surface area contributed by atoms with Crippen LogP contribution < -0.4 is 10.1 Å². The lowest BCUT2D eigenvalue weighted by molar-refractivity contribution is 0.109. The molecular formula is C15H26N4O2. The summed E-state index contributed by atoms with van der Waals surface area (Å²) in [4.78, 5) is 10.9.